The maximum Gasteiger partial charge on any atom is 0.0476 e. The highest BCUT2D eigenvalue weighted by atomic mass is 32.1. The minimum absolute atomic E-state index is 0.262. The van der Waals surface area contributed by atoms with Crippen molar-refractivity contribution in [2.45, 2.75) is 25.9 Å². The molecule has 0 aliphatic heterocycles. The highest BCUT2D eigenvalue weighted by Gasteiger charge is 2.22. The van der Waals surface area contributed by atoms with Crippen molar-refractivity contribution >= 4 is 11.3 Å². The maximum atomic E-state index is 6.03. The van der Waals surface area contributed by atoms with E-state index in [9.17, 15) is 0 Å². The first-order valence-electron chi connectivity index (χ1n) is 6.66. The summed E-state index contributed by atoms with van der Waals surface area (Å²) in [6.07, 6.45) is 0. The molecule has 0 radical (unpaired) electrons. The zero-order valence-corrected chi connectivity index (χ0v) is 12.7. The summed E-state index contributed by atoms with van der Waals surface area (Å²) in [7, 11) is 2.16. The highest BCUT2D eigenvalue weighted by Crippen LogP contribution is 2.31. The van der Waals surface area contributed by atoms with E-state index in [1.165, 1.54) is 16.0 Å². The van der Waals surface area contributed by atoms with E-state index in [1.54, 1.807) is 11.3 Å². The van der Waals surface area contributed by atoms with Crippen LogP contribution >= 0.6 is 11.3 Å². The van der Waals surface area contributed by atoms with Crippen LogP contribution in [-0.2, 0) is 0 Å². The Morgan fingerprint density at radius 3 is 2.53 bits per heavy atom. The Morgan fingerprint density at radius 2 is 1.95 bits per heavy atom. The zero-order chi connectivity index (χ0) is 13.8. The molecule has 0 fully saturated rings. The third kappa shape index (κ3) is 3.06. The summed E-state index contributed by atoms with van der Waals surface area (Å²) in [5.41, 5.74) is 8.67. The molecule has 2 rings (SSSR count). The Labute approximate surface area is 119 Å². The molecular formula is C16H22N2S. The molecule has 19 heavy (non-hydrogen) atoms. The molecule has 0 aliphatic rings. The Balaban J connectivity index is 2.25. The SMILES string of the molecule is Cc1ccccc1C(CN)N(C)C(C)c1cccs1. The first-order valence-corrected chi connectivity index (χ1v) is 7.54. The molecule has 0 saturated carbocycles. The van der Waals surface area contributed by atoms with Crippen LogP contribution in [0.4, 0.5) is 0 Å². The molecule has 0 aliphatic carbocycles. The molecule has 102 valence electrons. The van der Waals surface area contributed by atoms with Crippen LogP contribution in [0.15, 0.2) is 41.8 Å². The Hall–Kier alpha value is -1.16. The fraction of sp³-hybridized carbons (Fsp3) is 0.375. The number of nitrogens with two attached hydrogens (primary N) is 1. The van der Waals surface area contributed by atoms with Gasteiger partial charge in [-0.1, -0.05) is 30.3 Å². The number of rotatable bonds is 5. The van der Waals surface area contributed by atoms with Crippen molar-refractivity contribution in [1.82, 2.24) is 4.90 Å². The number of benzene rings is 1. The largest absolute Gasteiger partial charge is 0.329 e. The van der Waals surface area contributed by atoms with Gasteiger partial charge in [-0.25, -0.2) is 0 Å². The minimum Gasteiger partial charge on any atom is -0.329 e. The van der Waals surface area contributed by atoms with Gasteiger partial charge in [-0.05, 0) is 43.5 Å². The molecule has 2 nitrogen and oxygen atoms in total. The lowest BCUT2D eigenvalue weighted by molar-refractivity contribution is 0.192. The van der Waals surface area contributed by atoms with E-state index in [0.29, 0.717) is 12.6 Å². The van der Waals surface area contributed by atoms with Gasteiger partial charge < -0.3 is 5.73 Å². The summed E-state index contributed by atoms with van der Waals surface area (Å²) in [5, 5.41) is 2.13. The summed E-state index contributed by atoms with van der Waals surface area (Å²) < 4.78 is 0. The number of nitrogens with zero attached hydrogens (tertiary/aromatic N) is 1. The molecule has 1 heterocycles. The van der Waals surface area contributed by atoms with Gasteiger partial charge in [0.25, 0.3) is 0 Å². The van der Waals surface area contributed by atoms with Crippen LogP contribution in [0.1, 0.15) is 35.0 Å². The molecule has 0 amide bonds. The van der Waals surface area contributed by atoms with Crippen LogP contribution in [0.2, 0.25) is 0 Å². The van der Waals surface area contributed by atoms with Gasteiger partial charge in [-0.3, -0.25) is 4.90 Å². The number of likely N-dealkylation sites (N-methyl/N-ethyl adjacent to an activating group) is 1. The summed E-state index contributed by atoms with van der Waals surface area (Å²) in [5.74, 6) is 0. The molecule has 0 spiro atoms. The molecule has 0 bridgehead atoms. The third-order valence-electron chi connectivity index (χ3n) is 3.83. The molecule has 1 aromatic carbocycles. The van der Waals surface area contributed by atoms with Gasteiger partial charge in [0, 0.05) is 23.5 Å². The van der Waals surface area contributed by atoms with Crippen LogP contribution in [0.3, 0.4) is 0 Å². The van der Waals surface area contributed by atoms with Crippen molar-refractivity contribution in [1.29, 1.82) is 0 Å². The quantitative estimate of drug-likeness (QED) is 0.899. The monoisotopic (exact) mass is 274 g/mol. The second-order valence-corrected chi connectivity index (χ2v) is 5.94. The topological polar surface area (TPSA) is 29.3 Å². The predicted molar refractivity (Wildman–Crippen MR) is 83.5 cm³/mol. The van der Waals surface area contributed by atoms with Gasteiger partial charge in [-0.2, -0.15) is 0 Å². The summed E-state index contributed by atoms with van der Waals surface area (Å²) in [6, 6.07) is 13.5. The van der Waals surface area contributed by atoms with Gasteiger partial charge in [0.2, 0.25) is 0 Å². The summed E-state index contributed by atoms with van der Waals surface area (Å²) >= 11 is 1.80. The second-order valence-electron chi connectivity index (χ2n) is 4.96. The Kier molecular flexibility index (Phi) is 4.75. The van der Waals surface area contributed by atoms with E-state index in [4.69, 9.17) is 5.73 Å². The van der Waals surface area contributed by atoms with Crippen molar-refractivity contribution < 1.29 is 0 Å². The minimum atomic E-state index is 0.262. The normalized spacial score (nSPS) is 14.6. The van der Waals surface area contributed by atoms with Crippen LogP contribution in [0.5, 0.6) is 0 Å². The standard InChI is InChI=1S/C16H22N2S/c1-12-7-4-5-8-14(12)15(11-17)18(3)13(2)16-9-6-10-19-16/h4-10,13,15H,11,17H2,1-3H3. The maximum absolute atomic E-state index is 6.03. The first kappa shape index (κ1) is 14.3. The molecule has 3 heteroatoms. The van der Waals surface area contributed by atoms with E-state index < -0.39 is 0 Å². The van der Waals surface area contributed by atoms with Crippen LogP contribution < -0.4 is 5.73 Å². The van der Waals surface area contributed by atoms with Gasteiger partial charge in [0.05, 0.1) is 0 Å². The van der Waals surface area contributed by atoms with Crippen molar-refractivity contribution in [3.8, 4) is 0 Å². The molecule has 0 saturated heterocycles. The Bertz CT molecular complexity index is 507. The van der Waals surface area contributed by atoms with Gasteiger partial charge in [-0.15, -0.1) is 11.3 Å². The molecule has 2 N–H and O–H groups in total. The first-order chi connectivity index (χ1) is 9.15. The van der Waals surface area contributed by atoms with Crippen molar-refractivity contribution in [2.75, 3.05) is 13.6 Å². The number of hydrogen-bond acceptors (Lipinski definition) is 3. The van der Waals surface area contributed by atoms with Crippen molar-refractivity contribution in [3.05, 3.63) is 57.8 Å². The lowest BCUT2D eigenvalue weighted by atomic mass is 9.99. The summed E-state index contributed by atoms with van der Waals surface area (Å²) in [4.78, 5) is 3.75. The van der Waals surface area contributed by atoms with E-state index in [0.717, 1.165) is 0 Å². The fourth-order valence-corrected chi connectivity index (χ4v) is 3.31. The fourth-order valence-electron chi connectivity index (χ4n) is 2.47. The smallest absolute Gasteiger partial charge is 0.0476 e. The van der Waals surface area contributed by atoms with Crippen molar-refractivity contribution in [3.63, 3.8) is 0 Å². The number of thiophene rings is 1. The van der Waals surface area contributed by atoms with E-state index in [1.807, 2.05) is 0 Å². The van der Waals surface area contributed by atoms with Crippen LogP contribution in [-0.4, -0.2) is 18.5 Å². The molecular weight excluding hydrogens is 252 g/mol. The van der Waals surface area contributed by atoms with Crippen molar-refractivity contribution in [2.24, 2.45) is 5.73 Å². The third-order valence-corrected chi connectivity index (χ3v) is 4.87. The molecule has 2 unspecified atom stereocenters. The lowest BCUT2D eigenvalue weighted by Crippen LogP contribution is -2.32. The van der Waals surface area contributed by atoms with Gasteiger partial charge >= 0.3 is 0 Å². The predicted octanol–water partition coefficient (Wildman–Crippen LogP) is 3.75. The zero-order valence-electron chi connectivity index (χ0n) is 11.8. The van der Waals surface area contributed by atoms with E-state index >= 15 is 0 Å². The van der Waals surface area contributed by atoms with E-state index in [-0.39, 0.29) is 6.04 Å². The molecule has 2 atom stereocenters. The Morgan fingerprint density at radius 1 is 1.21 bits per heavy atom. The van der Waals surface area contributed by atoms with Gasteiger partial charge in [0.15, 0.2) is 0 Å². The van der Waals surface area contributed by atoms with Crippen LogP contribution in [0.25, 0.3) is 0 Å². The second kappa shape index (κ2) is 6.33. The van der Waals surface area contributed by atoms with E-state index in [2.05, 4.69) is 67.6 Å². The average Bonchev–Trinajstić information content (AvgIpc) is 2.94. The number of hydrogen-bond donors (Lipinski definition) is 1. The highest BCUT2D eigenvalue weighted by molar-refractivity contribution is 7.10. The number of aryl methyl sites for hydroxylation is 1. The van der Waals surface area contributed by atoms with Crippen LogP contribution in [0, 0.1) is 6.92 Å². The average molecular weight is 274 g/mol. The van der Waals surface area contributed by atoms with Gasteiger partial charge in [0.1, 0.15) is 0 Å². The molecule has 1 aromatic heterocycles. The molecule has 2 aromatic rings. The summed E-state index contributed by atoms with van der Waals surface area (Å²) in [6.45, 7) is 5.03. The lowest BCUT2D eigenvalue weighted by Gasteiger charge is -2.33.